The molecule has 0 aliphatic carbocycles. The second-order valence-electron chi connectivity index (χ2n) is 6.20. The first-order valence-corrected chi connectivity index (χ1v) is 9.85. The van der Waals surface area contributed by atoms with E-state index in [1.54, 1.807) is 6.07 Å². The van der Waals surface area contributed by atoms with Gasteiger partial charge in [-0.15, -0.1) is 0 Å². The van der Waals surface area contributed by atoms with Crippen LogP contribution in [-0.2, 0) is 19.6 Å². The molecule has 0 fully saturated rings. The van der Waals surface area contributed by atoms with Crippen LogP contribution in [0.1, 0.15) is 16.7 Å². The lowest BCUT2D eigenvalue weighted by Gasteiger charge is -2.13. The number of ether oxygens (including phenoxy) is 1. The number of hydrogen-bond donors (Lipinski definition) is 1. The third-order valence-electron chi connectivity index (χ3n) is 4.15. The largest absolute Gasteiger partial charge is 0.489 e. The Balaban J connectivity index is 1.58. The van der Waals surface area contributed by atoms with Gasteiger partial charge >= 0.3 is 0 Å². The summed E-state index contributed by atoms with van der Waals surface area (Å²) in [4.78, 5) is 0. The van der Waals surface area contributed by atoms with E-state index in [1.807, 2.05) is 36.4 Å². The third-order valence-corrected chi connectivity index (χ3v) is 5.12. The zero-order chi connectivity index (χ0) is 19.1. The van der Waals surface area contributed by atoms with E-state index >= 15 is 0 Å². The predicted molar refractivity (Wildman–Crippen MR) is 114 cm³/mol. The molecule has 0 amide bonds. The van der Waals surface area contributed by atoms with Crippen molar-refractivity contribution in [2.75, 3.05) is 6.54 Å². The van der Waals surface area contributed by atoms with Crippen molar-refractivity contribution in [3.05, 3.63) is 98.5 Å². The first-order chi connectivity index (χ1) is 13.1. The standard InChI is InChI=1S/C22H20Cl3NO/c23-19-7-9-22(27-15-17-6-8-20(24)21(25)12-17)18(13-19)14-26-11-10-16-4-2-1-3-5-16/h1-9,12-13,26H,10-11,14-15H2. The average Bonchev–Trinajstić information content (AvgIpc) is 2.68. The van der Waals surface area contributed by atoms with Crippen LogP contribution in [0.5, 0.6) is 5.75 Å². The van der Waals surface area contributed by atoms with Crippen LogP contribution in [0.25, 0.3) is 0 Å². The Morgan fingerprint density at radius 2 is 1.59 bits per heavy atom. The van der Waals surface area contributed by atoms with Gasteiger partial charge in [0.2, 0.25) is 0 Å². The number of halogens is 3. The molecule has 0 saturated heterocycles. The smallest absolute Gasteiger partial charge is 0.124 e. The average molecular weight is 421 g/mol. The number of nitrogens with one attached hydrogen (secondary N) is 1. The van der Waals surface area contributed by atoms with E-state index in [2.05, 4.69) is 29.6 Å². The van der Waals surface area contributed by atoms with Crippen LogP contribution in [0.15, 0.2) is 66.7 Å². The molecule has 0 radical (unpaired) electrons. The van der Waals surface area contributed by atoms with Gasteiger partial charge in [-0.2, -0.15) is 0 Å². The molecule has 0 aromatic heterocycles. The summed E-state index contributed by atoms with van der Waals surface area (Å²) < 4.78 is 5.99. The van der Waals surface area contributed by atoms with Gasteiger partial charge in [0, 0.05) is 17.1 Å². The lowest BCUT2D eigenvalue weighted by Crippen LogP contribution is -2.17. The van der Waals surface area contributed by atoms with E-state index in [4.69, 9.17) is 39.5 Å². The Kier molecular flexibility index (Phi) is 7.42. The van der Waals surface area contributed by atoms with E-state index in [9.17, 15) is 0 Å². The molecule has 2 nitrogen and oxygen atoms in total. The normalized spacial score (nSPS) is 10.8. The first-order valence-electron chi connectivity index (χ1n) is 8.71. The quantitative estimate of drug-likeness (QED) is 0.417. The van der Waals surface area contributed by atoms with Crippen LogP contribution in [-0.4, -0.2) is 6.54 Å². The SMILES string of the molecule is Clc1ccc(OCc2ccc(Cl)c(Cl)c2)c(CNCCc2ccccc2)c1. The van der Waals surface area contributed by atoms with Gasteiger partial charge in [-0.05, 0) is 54.4 Å². The fourth-order valence-electron chi connectivity index (χ4n) is 2.72. The summed E-state index contributed by atoms with van der Waals surface area (Å²) in [5, 5.41) is 5.21. The van der Waals surface area contributed by atoms with Gasteiger partial charge in [-0.3, -0.25) is 0 Å². The van der Waals surface area contributed by atoms with Crippen molar-refractivity contribution in [3.63, 3.8) is 0 Å². The minimum Gasteiger partial charge on any atom is -0.489 e. The molecule has 140 valence electrons. The molecule has 0 aliphatic rings. The maximum atomic E-state index is 6.17. The number of benzene rings is 3. The predicted octanol–water partition coefficient (Wildman–Crippen LogP) is 6.56. The molecule has 3 aromatic carbocycles. The Labute approximate surface area is 175 Å². The van der Waals surface area contributed by atoms with Gasteiger partial charge in [0.25, 0.3) is 0 Å². The molecule has 1 N–H and O–H groups in total. The summed E-state index contributed by atoms with van der Waals surface area (Å²) in [5.41, 5.74) is 3.30. The molecule has 0 aliphatic heterocycles. The Bertz CT molecular complexity index is 884. The maximum absolute atomic E-state index is 6.17. The highest BCUT2D eigenvalue weighted by Crippen LogP contribution is 2.26. The topological polar surface area (TPSA) is 21.3 Å². The minimum absolute atomic E-state index is 0.412. The highest BCUT2D eigenvalue weighted by atomic mass is 35.5. The van der Waals surface area contributed by atoms with Crippen LogP contribution < -0.4 is 10.1 Å². The van der Waals surface area contributed by atoms with Gasteiger partial charge < -0.3 is 10.1 Å². The van der Waals surface area contributed by atoms with Crippen LogP contribution in [0.3, 0.4) is 0 Å². The molecule has 3 rings (SSSR count). The molecule has 0 heterocycles. The van der Waals surface area contributed by atoms with Crippen LogP contribution in [0.4, 0.5) is 0 Å². The molecule has 0 unspecified atom stereocenters. The van der Waals surface area contributed by atoms with E-state index in [-0.39, 0.29) is 0 Å². The number of hydrogen-bond acceptors (Lipinski definition) is 2. The first kappa shape index (κ1) is 20.0. The fourth-order valence-corrected chi connectivity index (χ4v) is 3.23. The highest BCUT2D eigenvalue weighted by Gasteiger charge is 2.07. The van der Waals surface area contributed by atoms with Crippen molar-refractivity contribution in [2.24, 2.45) is 0 Å². The van der Waals surface area contributed by atoms with Gasteiger partial charge in [-0.25, -0.2) is 0 Å². The lowest BCUT2D eigenvalue weighted by atomic mass is 10.1. The van der Waals surface area contributed by atoms with E-state index < -0.39 is 0 Å². The third kappa shape index (κ3) is 6.15. The summed E-state index contributed by atoms with van der Waals surface area (Å²) in [6.07, 6.45) is 0.973. The summed E-state index contributed by atoms with van der Waals surface area (Å²) in [7, 11) is 0. The Morgan fingerprint density at radius 3 is 2.37 bits per heavy atom. The summed E-state index contributed by atoms with van der Waals surface area (Å²) in [6.45, 7) is 1.97. The highest BCUT2D eigenvalue weighted by molar-refractivity contribution is 6.42. The molecule has 0 saturated carbocycles. The molecule has 0 spiro atoms. The molecule has 5 heteroatoms. The van der Waals surface area contributed by atoms with Crippen molar-refractivity contribution in [1.82, 2.24) is 5.32 Å². The lowest BCUT2D eigenvalue weighted by molar-refractivity contribution is 0.302. The second kappa shape index (κ2) is 10.0. The monoisotopic (exact) mass is 419 g/mol. The summed E-state index contributed by atoms with van der Waals surface area (Å²) >= 11 is 18.2. The minimum atomic E-state index is 0.412. The summed E-state index contributed by atoms with van der Waals surface area (Å²) in [6, 6.07) is 21.6. The van der Waals surface area contributed by atoms with Crippen molar-refractivity contribution >= 4 is 34.8 Å². The molecular formula is C22H20Cl3NO. The second-order valence-corrected chi connectivity index (χ2v) is 7.45. The maximum Gasteiger partial charge on any atom is 0.124 e. The fraction of sp³-hybridized carbons (Fsp3) is 0.182. The van der Waals surface area contributed by atoms with Gasteiger partial charge in [-0.1, -0.05) is 71.2 Å². The van der Waals surface area contributed by atoms with Crippen molar-refractivity contribution in [3.8, 4) is 5.75 Å². The number of rotatable bonds is 8. The zero-order valence-corrected chi connectivity index (χ0v) is 17.0. The van der Waals surface area contributed by atoms with Crippen molar-refractivity contribution in [1.29, 1.82) is 0 Å². The Morgan fingerprint density at radius 1 is 0.778 bits per heavy atom. The van der Waals surface area contributed by atoms with Crippen molar-refractivity contribution < 1.29 is 4.74 Å². The zero-order valence-electron chi connectivity index (χ0n) is 14.7. The van der Waals surface area contributed by atoms with E-state index in [0.29, 0.717) is 28.2 Å². The van der Waals surface area contributed by atoms with Crippen molar-refractivity contribution in [2.45, 2.75) is 19.6 Å². The van der Waals surface area contributed by atoms with Gasteiger partial charge in [0.1, 0.15) is 12.4 Å². The van der Waals surface area contributed by atoms with Crippen LogP contribution in [0.2, 0.25) is 15.1 Å². The summed E-state index contributed by atoms with van der Waals surface area (Å²) in [5.74, 6) is 0.803. The molecule has 27 heavy (non-hydrogen) atoms. The molecular weight excluding hydrogens is 401 g/mol. The van der Waals surface area contributed by atoms with Crippen LogP contribution in [0, 0.1) is 0 Å². The Hall–Kier alpha value is -1.71. The van der Waals surface area contributed by atoms with Crippen LogP contribution >= 0.6 is 34.8 Å². The molecule has 0 bridgehead atoms. The molecule has 3 aromatic rings. The van der Waals surface area contributed by atoms with Gasteiger partial charge in [0.15, 0.2) is 0 Å². The van der Waals surface area contributed by atoms with Gasteiger partial charge in [0.05, 0.1) is 10.0 Å². The molecule has 0 atom stereocenters. The van der Waals surface area contributed by atoms with E-state index in [1.165, 1.54) is 5.56 Å². The van der Waals surface area contributed by atoms with E-state index in [0.717, 1.165) is 29.8 Å².